The maximum Gasteiger partial charge on any atom is 0.417 e. The third kappa shape index (κ3) is 6.12. The summed E-state index contributed by atoms with van der Waals surface area (Å²) in [6, 6.07) is 1.64. The van der Waals surface area contributed by atoms with Gasteiger partial charge in [0.2, 0.25) is 0 Å². The summed E-state index contributed by atoms with van der Waals surface area (Å²) >= 11 is 5.63. The maximum atomic E-state index is 12.7. The molecule has 1 rings (SSSR count). The quantitative estimate of drug-likeness (QED) is 0.847. The molecule has 140 valence electrons. The Hall–Kier alpha value is -1.96. The smallest absolute Gasteiger partial charge is 0.417 e. The Balaban J connectivity index is 3.01. The summed E-state index contributed by atoms with van der Waals surface area (Å²) in [5, 5.41) is 8.81. The molecule has 0 heterocycles. The SMILES string of the molecule is CN(C(=O)OC(C)(C)C)C(Cc1ccc(C(F)(F)F)c(Cl)c1)C(=O)O. The molecule has 25 heavy (non-hydrogen) atoms. The van der Waals surface area contributed by atoms with E-state index < -0.39 is 40.5 Å². The zero-order valence-electron chi connectivity index (χ0n) is 14.1. The molecule has 0 spiro atoms. The molecule has 0 aliphatic carbocycles. The van der Waals surface area contributed by atoms with Crippen LogP contribution in [0.5, 0.6) is 0 Å². The fraction of sp³-hybridized carbons (Fsp3) is 0.500. The van der Waals surface area contributed by atoms with Gasteiger partial charge in [0.25, 0.3) is 0 Å². The van der Waals surface area contributed by atoms with Crippen LogP contribution in [0.4, 0.5) is 18.0 Å². The number of hydrogen-bond donors (Lipinski definition) is 1. The van der Waals surface area contributed by atoms with Gasteiger partial charge in [0.1, 0.15) is 11.6 Å². The number of hydrogen-bond acceptors (Lipinski definition) is 3. The van der Waals surface area contributed by atoms with Crippen molar-refractivity contribution in [2.45, 2.75) is 45.0 Å². The first-order chi connectivity index (χ1) is 11.2. The van der Waals surface area contributed by atoms with Crippen molar-refractivity contribution in [3.63, 3.8) is 0 Å². The first-order valence-electron chi connectivity index (χ1n) is 7.26. The second-order valence-electron chi connectivity index (χ2n) is 6.46. The molecule has 0 aliphatic heterocycles. The first-order valence-corrected chi connectivity index (χ1v) is 7.64. The lowest BCUT2D eigenvalue weighted by Gasteiger charge is -2.28. The van der Waals surface area contributed by atoms with Gasteiger partial charge in [-0.2, -0.15) is 13.2 Å². The molecule has 1 unspecified atom stereocenters. The standard InChI is InChI=1S/C16H19ClF3NO4/c1-15(2,3)25-14(24)21(4)12(13(22)23)8-9-5-6-10(11(17)7-9)16(18,19)20/h5-7,12H,8H2,1-4H3,(H,22,23). The molecule has 5 nitrogen and oxygen atoms in total. The molecule has 0 radical (unpaired) electrons. The zero-order chi connectivity index (χ0) is 19.6. The van der Waals surface area contributed by atoms with Crippen LogP contribution in [-0.4, -0.2) is 40.8 Å². The lowest BCUT2D eigenvalue weighted by atomic mass is 10.0. The van der Waals surface area contributed by atoms with E-state index in [9.17, 15) is 27.9 Å². The average Bonchev–Trinajstić information content (AvgIpc) is 2.40. The van der Waals surface area contributed by atoms with Crippen molar-refractivity contribution in [2.75, 3.05) is 7.05 Å². The Morgan fingerprint density at radius 3 is 2.24 bits per heavy atom. The molecule has 1 atom stereocenters. The van der Waals surface area contributed by atoms with Crippen molar-refractivity contribution in [3.05, 3.63) is 34.3 Å². The minimum absolute atomic E-state index is 0.219. The van der Waals surface area contributed by atoms with E-state index in [1.54, 1.807) is 20.8 Å². The molecular formula is C16H19ClF3NO4. The summed E-state index contributed by atoms with van der Waals surface area (Å²) in [6.45, 7) is 4.89. The monoisotopic (exact) mass is 381 g/mol. The van der Waals surface area contributed by atoms with E-state index >= 15 is 0 Å². The molecule has 0 bridgehead atoms. The molecule has 0 saturated heterocycles. The number of carboxylic acids is 1. The predicted octanol–water partition coefficient (Wildman–Crippen LogP) is 4.22. The number of carboxylic acid groups (broad SMARTS) is 1. The van der Waals surface area contributed by atoms with Crippen LogP contribution in [0, 0.1) is 0 Å². The minimum Gasteiger partial charge on any atom is -0.480 e. The van der Waals surface area contributed by atoms with Gasteiger partial charge in [0, 0.05) is 13.5 Å². The number of nitrogens with zero attached hydrogens (tertiary/aromatic N) is 1. The van der Waals surface area contributed by atoms with Crippen LogP contribution in [0.1, 0.15) is 31.9 Å². The summed E-state index contributed by atoms with van der Waals surface area (Å²) < 4.78 is 43.2. The van der Waals surface area contributed by atoms with Gasteiger partial charge in [-0.1, -0.05) is 17.7 Å². The third-order valence-corrected chi connectivity index (χ3v) is 3.51. The summed E-state index contributed by atoms with van der Waals surface area (Å²) in [4.78, 5) is 24.4. The second-order valence-corrected chi connectivity index (χ2v) is 6.87. The summed E-state index contributed by atoms with van der Waals surface area (Å²) in [5.41, 5.74) is -1.57. The Morgan fingerprint density at radius 1 is 1.28 bits per heavy atom. The van der Waals surface area contributed by atoms with Gasteiger partial charge >= 0.3 is 18.2 Å². The van der Waals surface area contributed by atoms with Gasteiger partial charge in [-0.25, -0.2) is 9.59 Å². The Labute approximate surface area is 148 Å². The number of alkyl halides is 3. The number of likely N-dealkylation sites (N-methyl/N-ethyl adjacent to an activating group) is 1. The molecule has 0 aliphatic rings. The Morgan fingerprint density at radius 2 is 1.84 bits per heavy atom. The lowest BCUT2D eigenvalue weighted by molar-refractivity contribution is -0.142. The minimum atomic E-state index is -4.60. The van der Waals surface area contributed by atoms with E-state index in [1.807, 2.05) is 0 Å². The number of carbonyl (C=O) groups excluding carboxylic acids is 1. The highest BCUT2D eigenvalue weighted by atomic mass is 35.5. The zero-order valence-corrected chi connectivity index (χ0v) is 14.9. The molecule has 1 aromatic carbocycles. The highest BCUT2D eigenvalue weighted by Gasteiger charge is 2.34. The van der Waals surface area contributed by atoms with Crippen LogP contribution >= 0.6 is 11.6 Å². The van der Waals surface area contributed by atoms with Gasteiger partial charge in [-0.3, -0.25) is 4.90 Å². The van der Waals surface area contributed by atoms with Crippen LogP contribution in [0.25, 0.3) is 0 Å². The van der Waals surface area contributed by atoms with Crippen molar-refractivity contribution >= 4 is 23.7 Å². The average molecular weight is 382 g/mol. The van der Waals surface area contributed by atoms with E-state index in [0.29, 0.717) is 0 Å². The van der Waals surface area contributed by atoms with Crippen molar-refractivity contribution in [1.29, 1.82) is 0 Å². The highest BCUT2D eigenvalue weighted by molar-refractivity contribution is 6.31. The van der Waals surface area contributed by atoms with Gasteiger partial charge < -0.3 is 9.84 Å². The second kappa shape index (κ2) is 7.51. The Kier molecular flexibility index (Phi) is 6.33. The Bertz CT molecular complexity index is 656. The predicted molar refractivity (Wildman–Crippen MR) is 85.6 cm³/mol. The topological polar surface area (TPSA) is 66.8 Å². The van der Waals surface area contributed by atoms with Crippen LogP contribution in [0.3, 0.4) is 0 Å². The van der Waals surface area contributed by atoms with Crippen molar-refractivity contribution in [1.82, 2.24) is 4.90 Å². The maximum absolute atomic E-state index is 12.7. The molecule has 9 heteroatoms. The summed E-state index contributed by atoms with van der Waals surface area (Å²) in [6.07, 6.45) is -5.67. The lowest BCUT2D eigenvalue weighted by Crippen LogP contribution is -2.46. The molecule has 1 amide bonds. The van der Waals surface area contributed by atoms with Crippen molar-refractivity contribution in [3.8, 4) is 0 Å². The first kappa shape index (κ1) is 21.1. The van der Waals surface area contributed by atoms with Crippen LogP contribution in [0.2, 0.25) is 5.02 Å². The van der Waals surface area contributed by atoms with Crippen molar-refractivity contribution in [2.24, 2.45) is 0 Å². The molecule has 0 aromatic heterocycles. The third-order valence-electron chi connectivity index (χ3n) is 3.20. The van der Waals surface area contributed by atoms with E-state index in [-0.39, 0.29) is 12.0 Å². The number of ether oxygens (including phenoxy) is 1. The van der Waals surface area contributed by atoms with Crippen LogP contribution < -0.4 is 0 Å². The molecule has 0 saturated carbocycles. The number of halogens is 4. The fourth-order valence-corrected chi connectivity index (χ4v) is 2.30. The number of aliphatic carboxylic acids is 1. The molecular weight excluding hydrogens is 363 g/mol. The normalized spacial score (nSPS) is 13.3. The van der Waals surface area contributed by atoms with Crippen molar-refractivity contribution < 1.29 is 32.6 Å². The van der Waals surface area contributed by atoms with Gasteiger partial charge in [-0.05, 0) is 38.5 Å². The fourth-order valence-electron chi connectivity index (χ4n) is 1.99. The van der Waals surface area contributed by atoms with Crippen LogP contribution in [0.15, 0.2) is 18.2 Å². The van der Waals surface area contributed by atoms with Gasteiger partial charge in [0.15, 0.2) is 0 Å². The summed E-state index contributed by atoms with van der Waals surface area (Å²) in [7, 11) is 1.25. The molecule has 0 fully saturated rings. The van der Waals surface area contributed by atoms with E-state index in [0.717, 1.165) is 23.1 Å². The number of carbonyl (C=O) groups is 2. The molecule has 1 N–H and O–H groups in total. The largest absolute Gasteiger partial charge is 0.480 e. The van der Waals surface area contributed by atoms with E-state index in [2.05, 4.69) is 0 Å². The van der Waals surface area contributed by atoms with Gasteiger partial charge in [-0.15, -0.1) is 0 Å². The van der Waals surface area contributed by atoms with Crippen LogP contribution in [-0.2, 0) is 22.1 Å². The number of amides is 1. The summed E-state index contributed by atoms with van der Waals surface area (Å²) in [5.74, 6) is -1.32. The molecule has 1 aromatic rings. The number of rotatable bonds is 4. The number of benzene rings is 1. The van der Waals surface area contributed by atoms with E-state index in [1.165, 1.54) is 7.05 Å². The van der Waals surface area contributed by atoms with Gasteiger partial charge in [0.05, 0.1) is 10.6 Å². The highest BCUT2D eigenvalue weighted by Crippen LogP contribution is 2.35. The van der Waals surface area contributed by atoms with E-state index in [4.69, 9.17) is 16.3 Å².